The Bertz CT molecular complexity index is 976. The van der Waals surface area contributed by atoms with E-state index in [9.17, 15) is 9.59 Å². The fraction of sp³-hybridized carbons (Fsp3) is 0. The van der Waals surface area contributed by atoms with Crippen LogP contribution in [-0.4, -0.2) is 11.8 Å². The molecular formula is C20H15Cl2N3O2. The van der Waals surface area contributed by atoms with Crippen LogP contribution in [0.25, 0.3) is 0 Å². The number of hydrogen-bond donors (Lipinski definition) is 2. The van der Waals surface area contributed by atoms with Crippen molar-refractivity contribution in [3.05, 3.63) is 82.8 Å². The van der Waals surface area contributed by atoms with Crippen LogP contribution in [0.15, 0.2) is 72.8 Å². The van der Waals surface area contributed by atoms with Gasteiger partial charge < -0.3 is 11.1 Å². The number of carbonyl (C=O) groups is 2. The molecular weight excluding hydrogens is 385 g/mol. The minimum atomic E-state index is -0.847. The lowest BCUT2D eigenvalue weighted by atomic mass is 10.2. The van der Waals surface area contributed by atoms with E-state index < -0.39 is 11.8 Å². The molecule has 0 aliphatic rings. The fourth-order valence-electron chi connectivity index (χ4n) is 2.46. The van der Waals surface area contributed by atoms with Crippen molar-refractivity contribution in [2.75, 3.05) is 16.0 Å². The molecule has 3 aromatic rings. The second kappa shape index (κ2) is 8.12. The van der Waals surface area contributed by atoms with Crippen molar-refractivity contribution in [1.29, 1.82) is 0 Å². The third-order valence-corrected chi connectivity index (χ3v) is 4.58. The van der Waals surface area contributed by atoms with E-state index >= 15 is 0 Å². The van der Waals surface area contributed by atoms with Gasteiger partial charge in [0.2, 0.25) is 0 Å². The number of halogens is 2. The van der Waals surface area contributed by atoms with Crippen molar-refractivity contribution >= 4 is 57.8 Å². The predicted octanol–water partition coefficient (Wildman–Crippen LogP) is 4.88. The maximum Gasteiger partial charge on any atom is 0.321 e. The molecule has 0 saturated carbocycles. The molecule has 5 nitrogen and oxygen atoms in total. The number of amides is 2. The first-order valence-corrected chi connectivity index (χ1v) is 8.73. The van der Waals surface area contributed by atoms with Gasteiger partial charge in [0.15, 0.2) is 0 Å². The molecule has 0 saturated heterocycles. The monoisotopic (exact) mass is 399 g/mol. The topological polar surface area (TPSA) is 75.4 Å². The van der Waals surface area contributed by atoms with Crippen molar-refractivity contribution in [2.45, 2.75) is 0 Å². The average Bonchev–Trinajstić information content (AvgIpc) is 2.68. The van der Waals surface area contributed by atoms with Crippen LogP contribution in [0.5, 0.6) is 0 Å². The highest BCUT2D eigenvalue weighted by atomic mass is 35.5. The third kappa shape index (κ3) is 4.22. The summed E-state index contributed by atoms with van der Waals surface area (Å²) in [6, 6.07) is 20.3. The molecule has 0 bridgehead atoms. The van der Waals surface area contributed by atoms with E-state index in [2.05, 4.69) is 5.32 Å². The van der Waals surface area contributed by atoms with Crippen molar-refractivity contribution in [3.8, 4) is 0 Å². The van der Waals surface area contributed by atoms with Gasteiger partial charge in [0, 0.05) is 17.1 Å². The largest absolute Gasteiger partial charge is 0.399 e. The maximum atomic E-state index is 12.9. The number of nitrogens with two attached hydrogens (primary N) is 1. The van der Waals surface area contributed by atoms with Gasteiger partial charge in [-0.1, -0.05) is 47.5 Å². The Balaban J connectivity index is 1.94. The van der Waals surface area contributed by atoms with Crippen LogP contribution in [0.2, 0.25) is 10.0 Å². The summed E-state index contributed by atoms with van der Waals surface area (Å²) >= 11 is 12.0. The Kier molecular flexibility index (Phi) is 5.64. The molecule has 0 aliphatic heterocycles. The van der Waals surface area contributed by atoms with Gasteiger partial charge in [-0.2, -0.15) is 0 Å². The van der Waals surface area contributed by atoms with Crippen LogP contribution in [0.3, 0.4) is 0 Å². The maximum absolute atomic E-state index is 12.9. The SMILES string of the molecule is Nc1ccc(N(C(=O)C(=O)Nc2cccc(Cl)c2Cl)c2ccccc2)cc1. The van der Waals surface area contributed by atoms with Crippen LogP contribution in [0, 0.1) is 0 Å². The van der Waals surface area contributed by atoms with Crippen LogP contribution in [0.1, 0.15) is 0 Å². The van der Waals surface area contributed by atoms with E-state index in [0.29, 0.717) is 17.1 Å². The quantitative estimate of drug-likeness (QED) is 0.486. The van der Waals surface area contributed by atoms with Crippen molar-refractivity contribution in [1.82, 2.24) is 0 Å². The molecule has 7 heteroatoms. The molecule has 0 spiro atoms. The van der Waals surface area contributed by atoms with E-state index in [1.54, 1.807) is 66.7 Å². The van der Waals surface area contributed by atoms with Gasteiger partial charge in [-0.25, -0.2) is 0 Å². The summed E-state index contributed by atoms with van der Waals surface area (Å²) in [7, 11) is 0. The van der Waals surface area contributed by atoms with Crippen LogP contribution >= 0.6 is 23.2 Å². The Morgan fingerprint density at radius 3 is 2.11 bits per heavy atom. The van der Waals surface area contributed by atoms with Gasteiger partial charge in [0.05, 0.1) is 15.7 Å². The summed E-state index contributed by atoms with van der Waals surface area (Å²) in [5.74, 6) is -1.62. The second-order valence-electron chi connectivity index (χ2n) is 5.62. The number of rotatable bonds is 3. The highest BCUT2D eigenvalue weighted by Crippen LogP contribution is 2.30. The molecule has 0 radical (unpaired) electrons. The number of nitrogens with zero attached hydrogens (tertiary/aromatic N) is 1. The molecule has 3 N–H and O–H groups in total. The molecule has 3 aromatic carbocycles. The lowest BCUT2D eigenvalue weighted by molar-refractivity contribution is -0.134. The molecule has 0 heterocycles. The molecule has 0 aliphatic carbocycles. The summed E-state index contributed by atoms with van der Waals surface area (Å²) in [6.45, 7) is 0. The molecule has 2 amide bonds. The van der Waals surface area contributed by atoms with E-state index in [1.807, 2.05) is 6.07 Å². The van der Waals surface area contributed by atoms with Crippen molar-refractivity contribution in [2.24, 2.45) is 0 Å². The zero-order chi connectivity index (χ0) is 19.4. The molecule has 3 rings (SSSR count). The van der Waals surface area contributed by atoms with Gasteiger partial charge in [-0.15, -0.1) is 0 Å². The van der Waals surface area contributed by atoms with E-state index in [1.165, 1.54) is 4.90 Å². The summed E-state index contributed by atoms with van der Waals surface area (Å²) in [5, 5.41) is 2.95. The van der Waals surface area contributed by atoms with Gasteiger partial charge in [-0.3, -0.25) is 14.5 Å². The molecule has 0 atom stereocenters. The van der Waals surface area contributed by atoms with Gasteiger partial charge >= 0.3 is 11.8 Å². The number of carbonyl (C=O) groups excluding carboxylic acids is 2. The molecule has 0 fully saturated rings. The average molecular weight is 400 g/mol. The Morgan fingerprint density at radius 1 is 0.815 bits per heavy atom. The molecule has 0 unspecified atom stereocenters. The van der Waals surface area contributed by atoms with Crippen molar-refractivity contribution < 1.29 is 9.59 Å². The Hall–Kier alpha value is -3.02. The first-order chi connectivity index (χ1) is 13.0. The molecule has 136 valence electrons. The zero-order valence-electron chi connectivity index (χ0n) is 14.0. The number of para-hydroxylation sites is 1. The number of nitrogen functional groups attached to an aromatic ring is 1. The number of hydrogen-bond acceptors (Lipinski definition) is 3. The molecule has 0 aromatic heterocycles. The number of anilines is 4. The second-order valence-corrected chi connectivity index (χ2v) is 6.41. The first-order valence-electron chi connectivity index (χ1n) is 7.97. The van der Waals surface area contributed by atoms with Gasteiger partial charge in [0.25, 0.3) is 0 Å². The zero-order valence-corrected chi connectivity index (χ0v) is 15.5. The minimum Gasteiger partial charge on any atom is -0.399 e. The van der Waals surface area contributed by atoms with Crippen molar-refractivity contribution in [3.63, 3.8) is 0 Å². The van der Waals surface area contributed by atoms with Crippen LogP contribution in [-0.2, 0) is 9.59 Å². The van der Waals surface area contributed by atoms with E-state index in [-0.39, 0.29) is 15.7 Å². The third-order valence-electron chi connectivity index (χ3n) is 3.76. The number of benzene rings is 3. The van der Waals surface area contributed by atoms with E-state index in [0.717, 1.165) is 0 Å². The first kappa shape index (κ1) is 18.8. The Labute approximate surface area is 166 Å². The summed E-state index contributed by atoms with van der Waals surface area (Å²) in [6.07, 6.45) is 0. The summed E-state index contributed by atoms with van der Waals surface area (Å²) < 4.78 is 0. The van der Waals surface area contributed by atoms with Crippen LogP contribution < -0.4 is 16.0 Å². The smallest absolute Gasteiger partial charge is 0.321 e. The highest BCUT2D eigenvalue weighted by molar-refractivity contribution is 6.48. The lowest BCUT2D eigenvalue weighted by Crippen LogP contribution is -2.36. The highest BCUT2D eigenvalue weighted by Gasteiger charge is 2.25. The lowest BCUT2D eigenvalue weighted by Gasteiger charge is -2.22. The van der Waals surface area contributed by atoms with Gasteiger partial charge in [0.1, 0.15) is 0 Å². The van der Waals surface area contributed by atoms with E-state index in [4.69, 9.17) is 28.9 Å². The normalized spacial score (nSPS) is 10.3. The molecule has 27 heavy (non-hydrogen) atoms. The predicted molar refractivity (Wildman–Crippen MR) is 110 cm³/mol. The van der Waals surface area contributed by atoms with Crippen LogP contribution in [0.4, 0.5) is 22.7 Å². The fourth-order valence-corrected chi connectivity index (χ4v) is 2.81. The summed E-state index contributed by atoms with van der Waals surface area (Å²) in [4.78, 5) is 26.8. The Morgan fingerprint density at radius 2 is 1.44 bits per heavy atom. The standard InChI is InChI=1S/C20H15Cl2N3O2/c21-16-7-4-8-17(18(16)22)24-19(26)20(27)25(14-5-2-1-3-6-14)15-11-9-13(23)10-12-15/h1-12H,23H2,(H,24,26). The summed E-state index contributed by atoms with van der Waals surface area (Å²) in [5.41, 5.74) is 7.58. The van der Waals surface area contributed by atoms with Gasteiger partial charge in [-0.05, 0) is 48.5 Å². The minimum absolute atomic E-state index is 0.166. The number of nitrogens with one attached hydrogen (secondary N) is 1.